The van der Waals surface area contributed by atoms with Gasteiger partial charge in [-0.2, -0.15) is 0 Å². The van der Waals surface area contributed by atoms with Crippen molar-refractivity contribution < 1.29 is 4.79 Å². The van der Waals surface area contributed by atoms with Gasteiger partial charge in [0.25, 0.3) is 5.91 Å². The normalized spacial score (nSPS) is 18.0. The molecule has 2 aromatic carbocycles. The standard InChI is InChI=1S/C25H32N4O/c1-18-19(2)27-23-11-10-21(16-22(18)23)25(30)26-12-7-13-29-15-14-28(3)17-24(29)20-8-5-4-6-9-20/h4-6,8-11,16,24,27H,7,12-15,17H2,1-3H3,(H,26,30). The van der Waals surface area contributed by atoms with Crippen molar-refractivity contribution in [3.05, 3.63) is 70.9 Å². The Morgan fingerprint density at radius 2 is 1.93 bits per heavy atom. The Kier molecular flexibility index (Phi) is 6.21. The Hall–Kier alpha value is -2.63. The van der Waals surface area contributed by atoms with E-state index >= 15 is 0 Å². The van der Waals surface area contributed by atoms with Gasteiger partial charge in [0.2, 0.25) is 0 Å². The van der Waals surface area contributed by atoms with Gasteiger partial charge in [0.1, 0.15) is 0 Å². The topological polar surface area (TPSA) is 51.4 Å². The van der Waals surface area contributed by atoms with E-state index in [9.17, 15) is 4.79 Å². The van der Waals surface area contributed by atoms with E-state index in [0.29, 0.717) is 12.6 Å². The van der Waals surface area contributed by atoms with E-state index in [1.54, 1.807) is 0 Å². The number of carbonyl (C=O) groups is 1. The van der Waals surface area contributed by atoms with Crippen molar-refractivity contribution in [1.82, 2.24) is 20.1 Å². The molecule has 2 heterocycles. The highest BCUT2D eigenvalue weighted by Gasteiger charge is 2.25. The molecule has 2 N–H and O–H groups in total. The van der Waals surface area contributed by atoms with E-state index in [2.05, 4.69) is 71.3 Å². The molecule has 1 unspecified atom stereocenters. The molecule has 0 aliphatic carbocycles. The summed E-state index contributed by atoms with van der Waals surface area (Å²) in [5.41, 5.74) is 5.55. The number of H-pyrrole nitrogens is 1. The first kappa shape index (κ1) is 20.6. The van der Waals surface area contributed by atoms with E-state index in [-0.39, 0.29) is 5.91 Å². The molecule has 5 heteroatoms. The van der Waals surface area contributed by atoms with Gasteiger partial charge < -0.3 is 15.2 Å². The Morgan fingerprint density at radius 3 is 2.73 bits per heavy atom. The fraction of sp³-hybridized carbons (Fsp3) is 0.400. The third-order valence-corrected chi connectivity index (χ3v) is 6.36. The van der Waals surface area contributed by atoms with Gasteiger partial charge in [0.15, 0.2) is 0 Å². The number of fused-ring (bicyclic) bond motifs is 1. The number of aromatic nitrogens is 1. The van der Waals surface area contributed by atoms with Crippen molar-refractivity contribution in [2.75, 3.05) is 39.8 Å². The van der Waals surface area contributed by atoms with Crippen molar-refractivity contribution >= 4 is 16.8 Å². The number of aryl methyl sites for hydroxylation is 2. The van der Waals surface area contributed by atoms with Crippen molar-refractivity contribution in [2.24, 2.45) is 0 Å². The molecule has 0 saturated carbocycles. The van der Waals surface area contributed by atoms with Crippen LogP contribution in [0.4, 0.5) is 0 Å². The summed E-state index contributed by atoms with van der Waals surface area (Å²) in [6, 6.07) is 17.1. The third kappa shape index (κ3) is 4.42. The van der Waals surface area contributed by atoms with E-state index < -0.39 is 0 Å². The maximum Gasteiger partial charge on any atom is 0.251 e. The molecule has 1 amide bonds. The van der Waals surface area contributed by atoms with Gasteiger partial charge in [-0.15, -0.1) is 0 Å². The van der Waals surface area contributed by atoms with Crippen LogP contribution >= 0.6 is 0 Å². The summed E-state index contributed by atoms with van der Waals surface area (Å²) in [6.07, 6.45) is 0.948. The van der Waals surface area contributed by atoms with Crippen molar-refractivity contribution in [2.45, 2.75) is 26.3 Å². The van der Waals surface area contributed by atoms with E-state index in [0.717, 1.165) is 54.8 Å². The van der Waals surface area contributed by atoms with Gasteiger partial charge >= 0.3 is 0 Å². The first-order chi connectivity index (χ1) is 14.5. The zero-order chi connectivity index (χ0) is 21.1. The van der Waals surface area contributed by atoms with Crippen LogP contribution in [0.3, 0.4) is 0 Å². The summed E-state index contributed by atoms with van der Waals surface area (Å²) in [6.45, 7) is 9.04. The molecule has 0 radical (unpaired) electrons. The molecule has 5 nitrogen and oxygen atoms in total. The van der Waals surface area contributed by atoms with Gasteiger partial charge in [0, 0.05) is 60.9 Å². The molecule has 1 atom stereocenters. The number of hydrogen-bond donors (Lipinski definition) is 2. The van der Waals surface area contributed by atoms with Crippen LogP contribution in [0.15, 0.2) is 48.5 Å². The van der Waals surface area contributed by atoms with Crippen LogP contribution in [0.5, 0.6) is 0 Å². The van der Waals surface area contributed by atoms with Crippen LogP contribution in [0.1, 0.15) is 39.6 Å². The van der Waals surface area contributed by atoms with Gasteiger partial charge in [-0.1, -0.05) is 30.3 Å². The van der Waals surface area contributed by atoms with Crippen LogP contribution < -0.4 is 5.32 Å². The molecule has 4 rings (SSSR count). The summed E-state index contributed by atoms with van der Waals surface area (Å²) in [7, 11) is 2.19. The first-order valence-electron chi connectivity index (χ1n) is 10.9. The number of likely N-dealkylation sites (N-methyl/N-ethyl adjacent to an activating group) is 1. The van der Waals surface area contributed by atoms with Crippen molar-refractivity contribution in [1.29, 1.82) is 0 Å². The predicted octanol–water partition coefficient (Wildman–Crippen LogP) is 3.89. The molecule has 1 aromatic heterocycles. The number of nitrogens with one attached hydrogen (secondary N) is 2. The van der Waals surface area contributed by atoms with Gasteiger partial charge in [-0.25, -0.2) is 0 Å². The lowest BCUT2D eigenvalue weighted by Gasteiger charge is -2.40. The van der Waals surface area contributed by atoms with E-state index in [1.165, 1.54) is 11.1 Å². The molecular weight excluding hydrogens is 372 g/mol. The molecule has 158 valence electrons. The van der Waals surface area contributed by atoms with Gasteiger partial charge in [-0.05, 0) is 56.6 Å². The lowest BCUT2D eigenvalue weighted by atomic mass is 10.0. The monoisotopic (exact) mass is 404 g/mol. The molecule has 1 aliphatic heterocycles. The smallest absolute Gasteiger partial charge is 0.251 e. The van der Waals surface area contributed by atoms with E-state index in [1.807, 2.05) is 18.2 Å². The highest BCUT2D eigenvalue weighted by molar-refractivity contribution is 5.99. The van der Waals surface area contributed by atoms with E-state index in [4.69, 9.17) is 0 Å². The molecule has 1 aliphatic rings. The summed E-state index contributed by atoms with van der Waals surface area (Å²) in [5.74, 6) is 0.00754. The molecule has 30 heavy (non-hydrogen) atoms. The number of piperazine rings is 1. The highest BCUT2D eigenvalue weighted by atomic mass is 16.1. The molecular formula is C25H32N4O. The number of rotatable bonds is 6. The van der Waals surface area contributed by atoms with Gasteiger partial charge in [-0.3, -0.25) is 9.69 Å². The van der Waals surface area contributed by atoms with Crippen LogP contribution in [0.25, 0.3) is 10.9 Å². The minimum atomic E-state index is 0.00754. The van der Waals surface area contributed by atoms with Crippen molar-refractivity contribution in [3.8, 4) is 0 Å². The molecule has 1 fully saturated rings. The second-order valence-corrected chi connectivity index (χ2v) is 8.47. The Morgan fingerprint density at radius 1 is 1.13 bits per heavy atom. The lowest BCUT2D eigenvalue weighted by molar-refractivity contribution is 0.0866. The fourth-order valence-electron chi connectivity index (χ4n) is 4.40. The second kappa shape index (κ2) is 9.02. The Bertz CT molecular complexity index is 1010. The predicted molar refractivity (Wildman–Crippen MR) is 123 cm³/mol. The minimum Gasteiger partial charge on any atom is -0.358 e. The Labute approximate surface area is 179 Å². The second-order valence-electron chi connectivity index (χ2n) is 8.47. The highest BCUT2D eigenvalue weighted by Crippen LogP contribution is 2.25. The van der Waals surface area contributed by atoms with Crippen LogP contribution in [-0.4, -0.2) is 60.5 Å². The number of carbonyl (C=O) groups excluding carboxylic acids is 1. The zero-order valence-electron chi connectivity index (χ0n) is 18.2. The quantitative estimate of drug-likeness (QED) is 0.613. The SMILES string of the molecule is Cc1[nH]c2ccc(C(=O)NCCCN3CCN(C)CC3c3ccccc3)cc2c1C. The minimum absolute atomic E-state index is 0.00754. The third-order valence-electron chi connectivity index (χ3n) is 6.36. The lowest BCUT2D eigenvalue weighted by Crippen LogP contribution is -2.47. The number of aromatic amines is 1. The number of hydrogen-bond acceptors (Lipinski definition) is 3. The summed E-state index contributed by atoms with van der Waals surface area (Å²) >= 11 is 0. The first-order valence-corrected chi connectivity index (χ1v) is 10.9. The number of amides is 1. The number of benzene rings is 2. The Balaban J connectivity index is 1.32. The molecule has 0 spiro atoms. The van der Waals surface area contributed by atoms with Crippen molar-refractivity contribution in [3.63, 3.8) is 0 Å². The maximum atomic E-state index is 12.6. The zero-order valence-corrected chi connectivity index (χ0v) is 18.2. The summed E-state index contributed by atoms with van der Waals surface area (Å²) in [4.78, 5) is 21.0. The van der Waals surface area contributed by atoms with Gasteiger partial charge in [0.05, 0.1) is 0 Å². The van der Waals surface area contributed by atoms with Crippen LogP contribution in [-0.2, 0) is 0 Å². The fourth-order valence-corrected chi connectivity index (χ4v) is 4.40. The summed E-state index contributed by atoms with van der Waals surface area (Å²) in [5, 5.41) is 4.23. The summed E-state index contributed by atoms with van der Waals surface area (Å²) < 4.78 is 0. The van der Waals surface area contributed by atoms with Crippen LogP contribution in [0, 0.1) is 13.8 Å². The molecule has 1 saturated heterocycles. The maximum absolute atomic E-state index is 12.6. The number of nitrogens with zero attached hydrogens (tertiary/aromatic N) is 2. The molecule has 3 aromatic rings. The average Bonchev–Trinajstić information content (AvgIpc) is 3.05. The molecule has 0 bridgehead atoms. The average molecular weight is 405 g/mol. The van der Waals surface area contributed by atoms with Crippen LogP contribution in [0.2, 0.25) is 0 Å². The largest absolute Gasteiger partial charge is 0.358 e.